The Hall–Kier alpha value is -4.14. The smallest absolute Gasteiger partial charge is 0.242 e. The molecule has 0 spiro atoms. The van der Waals surface area contributed by atoms with Gasteiger partial charge in [0.2, 0.25) is 5.91 Å². The molecule has 6 nitrogen and oxygen atoms in total. The van der Waals surface area contributed by atoms with Crippen molar-refractivity contribution in [2.45, 2.75) is 36.8 Å². The van der Waals surface area contributed by atoms with Crippen LogP contribution in [0.2, 0.25) is 0 Å². The van der Waals surface area contributed by atoms with Gasteiger partial charge in [0.15, 0.2) is 10.9 Å². The molecule has 4 rings (SSSR count). The Labute approximate surface area is 250 Å². The van der Waals surface area contributed by atoms with E-state index in [1.165, 1.54) is 18.7 Å². The summed E-state index contributed by atoms with van der Waals surface area (Å²) in [4.78, 5) is 25.9. The third-order valence-electron chi connectivity index (χ3n) is 6.12. The molecular formula is C33H33N3O3S2. The molecule has 1 unspecified atom stereocenters. The molecule has 4 aromatic carbocycles. The van der Waals surface area contributed by atoms with Crippen molar-refractivity contribution in [2.24, 2.45) is 0 Å². The van der Waals surface area contributed by atoms with E-state index in [2.05, 4.69) is 22.9 Å². The molecule has 0 aliphatic rings. The summed E-state index contributed by atoms with van der Waals surface area (Å²) >= 11 is 6.96. The number of rotatable bonds is 12. The number of benzene rings is 4. The highest BCUT2D eigenvalue weighted by molar-refractivity contribution is 8.00. The largest absolute Gasteiger partial charge is 0.494 e. The van der Waals surface area contributed by atoms with Gasteiger partial charge in [-0.25, -0.2) is 0 Å². The molecule has 0 saturated heterocycles. The molecule has 0 heterocycles. The standard InChI is InChI=1S/C33H33N3O3S2/c1-3-4-21-39-29-19-17-26(18-20-29)34-32(38)31(25-9-6-5-7-10-25)41-30-12-8-11-28(22-30)36-33(40)35-27-15-13-24(14-16-27)23(2)37/h5-20,22,31H,3-4,21H2,1-2H3,(H,34,38)(H2,35,36,40). The lowest BCUT2D eigenvalue weighted by molar-refractivity contribution is -0.115. The molecular weight excluding hydrogens is 551 g/mol. The first-order valence-electron chi connectivity index (χ1n) is 13.5. The van der Waals surface area contributed by atoms with Gasteiger partial charge in [-0.15, -0.1) is 11.8 Å². The van der Waals surface area contributed by atoms with Gasteiger partial charge < -0.3 is 20.7 Å². The molecule has 0 aliphatic heterocycles. The van der Waals surface area contributed by atoms with E-state index >= 15 is 0 Å². The minimum absolute atomic E-state index is 0.0133. The SMILES string of the molecule is CCCCOc1ccc(NC(=O)C(Sc2cccc(NC(=S)Nc3ccc(C(C)=O)cc3)c2)c2ccccc2)cc1. The van der Waals surface area contributed by atoms with Crippen molar-refractivity contribution < 1.29 is 14.3 Å². The van der Waals surface area contributed by atoms with Gasteiger partial charge in [-0.05, 0) is 97.9 Å². The number of hydrogen-bond acceptors (Lipinski definition) is 5. The monoisotopic (exact) mass is 583 g/mol. The van der Waals surface area contributed by atoms with Crippen LogP contribution in [0.25, 0.3) is 0 Å². The molecule has 210 valence electrons. The van der Waals surface area contributed by atoms with Crippen molar-refractivity contribution in [1.82, 2.24) is 0 Å². The third-order valence-corrected chi connectivity index (χ3v) is 7.58. The number of ketones is 1. The van der Waals surface area contributed by atoms with Gasteiger partial charge in [0.05, 0.1) is 6.61 Å². The number of unbranched alkanes of at least 4 members (excludes halogenated alkanes) is 1. The number of thioether (sulfide) groups is 1. The van der Waals surface area contributed by atoms with Crippen molar-refractivity contribution in [1.29, 1.82) is 0 Å². The van der Waals surface area contributed by atoms with E-state index in [4.69, 9.17) is 17.0 Å². The molecule has 0 aliphatic carbocycles. The van der Waals surface area contributed by atoms with Crippen LogP contribution in [0.4, 0.5) is 17.1 Å². The molecule has 0 radical (unpaired) electrons. The number of anilines is 3. The van der Waals surface area contributed by atoms with Crippen LogP contribution in [0, 0.1) is 0 Å². The summed E-state index contributed by atoms with van der Waals surface area (Å²) in [7, 11) is 0. The van der Waals surface area contributed by atoms with Gasteiger partial charge >= 0.3 is 0 Å². The first-order valence-corrected chi connectivity index (χ1v) is 14.7. The van der Waals surface area contributed by atoms with E-state index in [0.717, 1.165) is 40.4 Å². The Morgan fingerprint density at radius 2 is 1.46 bits per heavy atom. The lowest BCUT2D eigenvalue weighted by Crippen LogP contribution is -2.19. The molecule has 0 bridgehead atoms. The van der Waals surface area contributed by atoms with Gasteiger partial charge in [0.1, 0.15) is 11.0 Å². The predicted molar refractivity (Wildman–Crippen MR) is 173 cm³/mol. The summed E-state index contributed by atoms with van der Waals surface area (Å²) < 4.78 is 5.74. The predicted octanol–water partition coefficient (Wildman–Crippen LogP) is 8.35. The fraction of sp³-hybridized carbons (Fsp3) is 0.182. The second-order valence-electron chi connectivity index (χ2n) is 9.36. The summed E-state index contributed by atoms with van der Waals surface area (Å²) in [5, 5.41) is 9.34. The number of ether oxygens (including phenoxy) is 1. The van der Waals surface area contributed by atoms with Crippen molar-refractivity contribution in [3.8, 4) is 5.75 Å². The summed E-state index contributed by atoms with van der Waals surface area (Å²) in [5.74, 6) is 0.681. The van der Waals surface area contributed by atoms with Crippen LogP contribution in [-0.4, -0.2) is 23.4 Å². The maximum absolute atomic E-state index is 13.5. The maximum atomic E-state index is 13.5. The van der Waals surface area contributed by atoms with Crippen LogP contribution in [0.5, 0.6) is 5.75 Å². The topological polar surface area (TPSA) is 79.5 Å². The van der Waals surface area contributed by atoms with Gasteiger partial charge in [-0.1, -0.05) is 49.7 Å². The van der Waals surface area contributed by atoms with Crippen LogP contribution >= 0.6 is 24.0 Å². The number of carbonyl (C=O) groups is 2. The van der Waals surface area contributed by atoms with E-state index < -0.39 is 5.25 Å². The zero-order valence-corrected chi connectivity index (χ0v) is 24.7. The Morgan fingerprint density at radius 1 is 0.805 bits per heavy atom. The lowest BCUT2D eigenvalue weighted by Gasteiger charge is -2.18. The molecule has 0 saturated carbocycles. The summed E-state index contributed by atoms with van der Waals surface area (Å²) in [6.45, 7) is 4.34. The van der Waals surface area contributed by atoms with Crippen LogP contribution in [0.3, 0.4) is 0 Å². The molecule has 3 N–H and O–H groups in total. The van der Waals surface area contributed by atoms with E-state index in [-0.39, 0.29) is 11.7 Å². The molecule has 0 aromatic heterocycles. The van der Waals surface area contributed by atoms with Crippen molar-refractivity contribution in [2.75, 3.05) is 22.6 Å². The number of Topliss-reactive ketones (excluding diaryl/α,β-unsaturated/α-hetero) is 1. The van der Waals surface area contributed by atoms with Gasteiger partial charge in [0, 0.05) is 27.5 Å². The molecule has 1 amide bonds. The lowest BCUT2D eigenvalue weighted by atomic mass is 10.1. The van der Waals surface area contributed by atoms with Gasteiger partial charge in [-0.3, -0.25) is 9.59 Å². The normalized spacial score (nSPS) is 11.3. The molecule has 4 aromatic rings. The molecule has 0 fully saturated rings. The van der Waals surface area contributed by atoms with E-state index in [0.29, 0.717) is 23.0 Å². The fourth-order valence-corrected chi connectivity index (χ4v) is 5.26. The van der Waals surface area contributed by atoms with E-state index in [1.54, 1.807) is 12.1 Å². The van der Waals surface area contributed by atoms with E-state index in [9.17, 15) is 9.59 Å². The van der Waals surface area contributed by atoms with Crippen molar-refractivity contribution >= 4 is 57.8 Å². The molecule has 8 heteroatoms. The Balaban J connectivity index is 1.43. The Bertz CT molecular complexity index is 1460. The summed E-state index contributed by atoms with van der Waals surface area (Å²) in [6, 6.07) is 32.1. The zero-order valence-electron chi connectivity index (χ0n) is 23.1. The second-order valence-corrected chi connectivity index (χ2v) is 11.0. The van der Waals surface area contributed by atoms with Crippen LogP contribution in [0.15, 0.2) is 108 Å². The Kier molecular flexibility index (Phi) is 10.9. The summed E-state index contributed by atoms with van der Waals surface area (Å²) in [5.41, 5.74) is 3.82. The van der Waals surface area contributed by atoms with Gasteiger partial charge in [0.25, 0.3) is 0 Å². The van der Waals surface area contributed by atoms with Crippen LogP contribution in [-0.2, 0) is 4.79 Å². The minimum atomic E-state index is -0.475. The number of hydrogen-bond donors (Lipinski definition) is 3. The first kappa shape index (κ1) is 29.8. The van der Waals surface area contributed by atoms with Gasteiger partial charge in [-0.2, -0.15) is 0 Å². The second kappa shape index (κ2) is 15.0. The highest BCUT2D eigenvalue weighted by Gasteiger charge is 2.22. The number of nitrogens with one attached hydrogen (secondary N) is 3. The fourth-order valence-electron chi connectivity index (χ4n) is 3.94. The Morgan fingerprint density at radius 3 is 2.15 bits per heavy atom. The van der Waals surface area contributed by atoms with Crippen molar-refractivity contribution in [3.63, 3.8) is 0 Å². The highest BCUT2D eigenvalue weighted by atomic mass is 32.2. The first-order chi connectivity index (χ1) is 19.9. The van der Waals surface area contributed by atoms with Crippen LogP contribution < -0.4 is 20.7 Å². The average molecular weight is 584 g/mol. The highest BCUT2D eigenvalue weighted by Crippen LogP contribution is 2.37. The maximum Gasteiger partial charge on any atom is 0.242 e. The van der Waals surface area contributed by atoms with Crippen molar-refractivity contribution in [3.05, 3.63) is 114 Å². The zero-order chi connectivity index (χ0) is 29.0. The molecule has 41 heavy (non-hydrogen) atoms. The van der Waals surface area contributed by atoms with E-state index in [1.807, 2.05) is 91.0 Å². The summed E-state index contributed by atoms with van der Waals surface area (Å²) in [6.07, 6.45) is 2.08. The minimum Gasteiger partial charge on any atom is -0.494 e. The third kappa shape index (κ3) is 9.20. The number of amides is 1. The van der Waals surface area contributed by atoms with Crippen LogP contribution in [0.1, 0.15) is 47.9 Å². The quantitative estimate of drug-likeness (QED) is 0.0669. The number of thiocarbonyl (C=S) groups is 1. The molecule has 1 atom stereocenters. The number of carbonyl (C=O) groups excluding carboxylic acids is 2. The average Bonchev–Trinajstić information content (AvgIpc) is 2.98.